The van der Waals surface area contributed by atoms with Crippen LogP contribution in [0, 0.1) is 0 Å². The fraction of sp³-hybridized carbons (Fsp3) is 0.200. The van der Waals surface area contributed by atoms with Crippen LogP contribution in [0.15, 0.2) is 37.8 Å². The van der Waals surface area contributed by atoms with E-state index in [0.717, 1.165) is 9.35 Å². The molecule has 2 aromatic rings. The summed E-state index contributed by atoms with van der Waals surface area (Å²) in [6.45, 7) is 0.322. The molecule has 0 aliphatic heterocycles. The highest BCUT2D eigenvalue weighted by Gasteiger charge is 2.05. The van der Waals surface area contributed by atoms with Gasteiger partial charge in [0, 0.05) is 34.0 Å². The van der Waals surface area contributed by atoms with Gasteiger partial charge >= 0.3 is 5.69 Å². The molecular formula is C10H9BrN2O2S. The Morgan fingerprint density at radius 3 is 2.81 bits per heavy atom. The number of halogens is 1. The first-order valence-electron chi connectivity index (χ1n) is 4.57. The lowest BCUT2D eigenvalue weighted by molar-refractivity contribution is 0.644. The van der Waals surface area contributed by atoms with Gasteiger partial charge in [-0.1, -0.05) is 0 Å². The molecule has 0 aliphatic rings. The highest BCUT2D eigenvalue weighted by Crippen LogP contribution is 2.19. The van der Waals surface area contributed by atoms with Crippen molar-refractivity contribution in [1.29, 1.82) is 0 Å². The van der Waals surface area contributed by atoms with E-state index in [9.17, 15) is 9.59 Å². The third-order valence-corrected chi connectivity index (χ3v) is 3.86. The van der Waals surface area contributed by atoms with Gasteiger partial charge in [0.15, 0.2) is 0 Å². The zero-order chi connectivity index (χ0) is 11.7. The first kappa shape index (κ1) is 11.3. The predicted octanol–water partition coefficient (Wildman–Crippen LogP) is 1.42. The van der Waals surface area contributed by atoms with Gasteiger partial charge < -0.3 is 4.57 Å². The summed E-state index contributed by atoms with van der Waals surface area (Å²) in [5.74, 6) is 0. The van der Waals surface area contributed by atoms with E-state index in [1.807, 2.05) is 11.4 Å². The van der Waals surface area contributed by atoms with Crippen molar-refractivity contribution in [2.24, 2.45) is 7.05 Å². The van der Waals surface area contributed by atoms with Crippen LogP contribution < -0.4 is 11.2 Å². The maximum Gasteiger partial charge on any atom is 0.331 e. The van der Waals surface area contributed by atoms with Crippen molar-refractivity contribution in [3.63, 3.8) is 0 Å². The van der Waals surface area contributed by atoms with Crippen molar-refractivity contribution < 1.29 is 0 Å². The van der Waals surface area contributed by atoms with E-state index in [0.29, 0.717) is 6.54 Å². The zero-order valence-corrected chi connectivity index (χ0v) is 10.9. The van der Waals surface area contributed by atoms with E-state index in [-0.39, 0.29) is 11.2 Å². The number of thiophene rings is 1. The van der Waals surface area contributed by atoms with E-state index >= 15 is 0 Å². The summed E-state index contributed by atoms with van der Waals surface area (Å²) in [4.78, 5) is 24.2. The Labute approximate surface area is 104 Å². The quantitative estimate of drug-likeness (QED) is 0.842. The van der Waals surface area contributed by atoms with Crippen molar-refractivity contribution in [2.75, 3.05) is 0 Å². The topological polar surface area (TPSA) is 44.0 Å². The third kappa shape index (κ3) is 2.17. The Hall–Kier alpha value is -1.14. The number of rotatable bonds is 2. The van der Waals surface area contributed by atoms with Gasteiger partial charge in [-0.15, -0.1) is 11.3 Å². The van der Waals surface area contributed by atoms with E-state index < -0.39 is 0 Å². The molecule has 0 amide bonds. The van der Waals surface area contributed by atoms with Crippen LogP contribution >= 0.6 is 27.3 Å². The van der Waals surface area contributed by atoms with Gasteiger partial charge in [0.1, 0.15) is 0 Å². The molecule has 0 saturated heterocycles. The van der Waals surface area contributed by atoms with E-state index in [1.54, 1.807) is 7.05 Å². The molecule has 0 atom stereocenters. The largest absolute Gasteiger partial charge is 0.331 e. The molecule has 0 fully saturated rings. The summed E-state index contributed by atoms with van der Waals surface area (Å²) in [7, 11) is 1.63. The number of nitrogens with zero attached hydrogens (tertiary/aromatic N) is 2. The zero-order valence-electron chi connectivity index (χ0n) is 8.51. The summed E-state index contributed by atoms with van der Waals surface area (Å²) in [6.07, 6.45) is 1.48. The molecule has 16 heavy (non-hydrogen) atoms. The molecule has 6 heteroatoms. The highest BCUT2D eigenvalue weighted by atomic mass is 79.9. The van der Waals surface area contributed by atoms with Crippen molar-refractivity contribution in [2.45, 2.75) is 6.54 Å². The third-order valence-electron chi connectivity index (χ3n) is 2.18. The lowest BCUT2D eigenvalue weighted by Crippen LogP contribution is -2.37. The first-order valence-corrected chi connectivity index (χ1v) is 6.24. The van der Waals surface area contributed by atoms with Crippen LogP contribution in [0.5, 0.6) is 0 Å². The van der Waals surface area contributed by atoms with Crippen LogP contribution in [0.4, 0.5) is 0 Å². The second-order valence-electron chi connectivity index (χ2n) is 3.36. The van der Waals surface area contributed by atoms with Gasteiger partial charge in [-0.05, 0) is 22.0 Å². The lowest BCUT2D eigenvalue weighted by atomic mass is 10.4. The van der Waals surface area contributed by atoms with Crippen LogP contribution in [0.2, 0.25) is 0 Å². The van der Waals surface area contributed by atoms with Crippen molar-refractivity contribution in [3.8, 4) is 0 Å². The minimum absolute atomic E-state index is 0.271. The number of aromatic nitrogens is 2. The van der Waals surface area contributed by atoms with Gasteiger partial charge in [-0.2, -0.15) is 0 Å². The fourth-order valence-corrected chi connectivity index (χ4v) is 2.79. The average molecular weight is 301 g/mol. The monoisotopic (exact) mass is 300 g/mol. The van der Waals surface area contributed by atoms with Crippen LogP contribution in [-0.2, 0) is 13.6 Å². The molecule has 2 aromatic heterocycles. The Morgan fingerprint density at radius 2 is 2.19 bits per heavy atom. The molecule has 0 saturated carbocycles. The molecular weight excluding hydrogens is 292 g/mol. The summed E-state index contributed by atoms with van der Waals surface area (Å²) < 4.78 is 3.58. The molecule has 0 bridgehead atoms. The Kier molecular flexibility index (Phi) is 3.11. The standard InChI is InChI=1S/C10H9BrN2O2S/c1-12-3-2-9(14)13(10(12)15)5-8-4-7(11)6-16-8/h2-4,6H,5H2,1H3. The van der Waals surface area contributed by atoms with Crippen LogP contribution in [-0.4, -0.2) is 9.13 Å². The highest BCUT2D eigenvalue weighted by molar-refractivity contribution is 9.10. The Bertz CT molecular complexity index is 626. The smallest absolute Gasteiger partial charge is 0.303 e. The molecule has 2 rings (SSSR count). The Balaban J connectivity index is 2.46. The average Bonchev–Trinajstić information content (AvgIpc) is 2.65. The molecule has 4 nitrogen and oxygen atoms in total. The van der Waals surface area contributed by atoms with Gasteiger partial charge in [-0.25, -0.2) is 4.79 Å². The maximum atomic E-state index is 11.7. The molecule has 0 aliphatic carbocycles. The lowest BCUT2D eigenvalue weighted by Gasteiger charge is -2.04. The van der Waals surface area contributed by atoms with Gasteiger partial charge in [-0.3, -0.25) is 9.36 Å². The number of hydrogen-bond donors (Lipinski definition) is 0. The van der Waals surface area contributed by atoms with E-state index in [2.05, 4.69) is 15.9 Å². The number of hydrogen-bond acceptors (Lipinski definition) is 3. The molecule has 0 unspecified atom stereocenters. The molecule has 84 valence electrons. The van der Waals surface area contributed by atoms with Crippen molar-refractivity contribution in [3.05, 3.63) is 53.9 Å². The molecule has 0 N–H and O–H groups in total. The van der Waals surface area contributed by atoms with Gasteiger partial charge in [0.05, 0.1) is 6.54 Å². The summed E-state index contributed by atoms with van der Waals surface area (Å²) in [5, 5.41) is 1.92. The van der Waals surface area contributed by atoms with E-state index in [4.69, 9.17) is 0 Å². The SMILES string of the molecule is Cn1ccc(=O)n(Cc2cc(Br)cs2)c1=O. The van der Waals surface area contributed by atoms with Crippen molar-refractivity contribution in [1.82, 2.24) is 9.13 Å². The number of aryl methyl sites for hydroxylation is 1. The van der Waals surface area contributed by atoms with Crippen molar-refractivity contribution >= 4 is 27.3 Å². The minimum atomic E-state index is -0.294. The second kappa shape index (κ2) is 4.39. The fourth-order valence-electron chi connectivity index (χ4n) is 1.35. The van der Waals surface area contributed by atoms with Crippen LogP contribution in [0.25, 0.3) is 0 Å². The molecule has 0 aromatic carbocycles. The molecule has 0 radical (unpaired) electrons. The van der Waals surface area contributed by atoms with Gasteiger partial charge in [0.25, 0.3) is 5.56 Å². The minimum Gasteiger partial charge on any atom is -0.303 e. The Morgan fingerprint density at radius 1 is 1.44 bits per heavy atom. The molecule has 2 heterocycles. The van der Waals surface area contributed by atoms with Gasteiger partial charge in [0.2, 0.25) is 0 Å². The maximum absolute atomic E-state index is 11.7. The normalized spacial score (nSPS) is 10.6. The van der Waals surface area contributed by atoms with Crippen LogP contribution in [0.1, 0.15) is 4.88 Å². The summed E-state index contributed by atoms with van der Waals surface area (Å²) in [6, 6.07) is 3.30. The van der Waals surface area contributed by atoms with Crippen LogP contribution in [0.3, 0.4) is 0 Å². The molecule has 0 spiro atoms. The summed E-state index contributed by atoms with van der Waals surface area (Å²) in [5.41, 5.74) is -0.565. The summed E-state index contributed by atoms with van der Waals surface area (Å²) >= 11 is 4.85. The predicted molar refractivity (Wildman–Crippen MR) is 67.1 cm³/mol. The first-order chi connectivity index (χ1) is 7.58. The second-order valence-corrected chi connectivity index (χ2v) is 5.28. The van der Waals surface area contributed by atoms with E-state index in [1.165, 1.54) is 32.7 Å².